The average Bonchev–Trinajstić information content (AvgIpc) is 2.01. The molecular formula is C5H8N4O2. The van der Waals surface area contributed by atoms with Crippen LogP contribution in [0.5, 0.6) is 0 Å². The summed E-state index contributed by atoms with van der Waals surface area (Å²) in [5.74, 6) is -0.545. The fourth-order valence-corrected chi connectivity index (χ4v) is 0.305. The molecule has 0 aromatic heterocycles. The Morgan fingerprint density at radius 2 is 2.09 bits per heavy atom. The van der Waals surface area contributed by atoms with Gasteiger partial charge in [-0.25, -0.2) is 10.2 Å². The van der Waals surface area contributed by atoms with Crippen molar-refractivity contribution in [3.05, 3.63) is 0 Å². The number of amides is 3. The molecule has 0 radical (unpaired) electrons. The maximum atomic E-state index is 10.5. The molecule has 0 heterocycles. The smallest absolute Gasteiger partial charge is 0.333 e. The summed E-state index contributed by atoms with van der Waals surface area (Å²) in [7, 11) is 1.41. The number of hydrogen-bond donors (Lipinski definition) is 3. The minimum Gasteiger partial charge on any atom is -0.340 e. The van der Waals surface area contributed by atoms with Gasteiger partial charge in [0.15, 0.2) is 0 Å². The molecule has 0 aliphatic rings. The first-order chi connectivity index (χ1) is 5.20. The summed E-state index contributed by atoms with van der Waals surface area (Å²) in [5.41, 5.74) is 4.03. The number of urea groups is 1. The van der Waals surface area contributed by atoms with Gasteiger partial charge in [-0.05, 0) is 0 Å². The fraction of sp³-hybridized carbons (Fsp3) is 0.400. The SMILES string of the molecule is CNC(=O)NNC(=O)CC#N. The van der Waals surface area contributed by atoms with E-state index in [1.807, 2.05) is 10.9 Å². The van der Waals surface area contributed by atoms with E-state index in [0.29, 0.717) is 0 Å². The van der Waals surface area contributed by atoms with Gasteiger partial charge in [-0.2, -0.15) is 5.26 Å². The Morgan fingerprint density at radius 1 is 1.45 bits per heavy atom. The van der Waals surface area contributed by atoms with Crippen molar-refractivity contribution in [3.63, 3.8) is 0 Å². The van der Waals surface area contributed by atoms with E-state index in [0.717, 1.165) is 0 Å². The van der Waals surface area contributed by atoms with E-state index in [-0.39, 0.29) is 6.42 Å². The van der Waals surface area contributed by atoms with Crippen LogP contribution in [0.3, 0.4) is 0 Å². The maximum Gasteiger partial charge on any atom is 0.333 e. The molecule has 0 fully saturated rings. The molecule has 0 saturated carbocycles. The van der Waals surface area contributed by atoms with Crippen molar-refractivity contribution in [1.29, 1.82) is 5.26 Å². The van der Waals surface area contributed by atoms with E-state index < -0.39 is 11.9 Å². The van der Waals surface area contributed by atoms with Crippen LogP contribution in [0.4, 0.5) is 4.79 Å². The standard InChI is InChI=1S/C5H8N4O2/c1-7-5(11)9-8-4(10)2-3-6/h2H2,1H3,(H,8,10)(H2,7,9,11). The fourth-order valence-electron chi connectivity index (χ4n) is 0.305. The molecule has 0 aliphatic heterocycles. The van der Waals surface area contributed by atoms with Crippen molar-refractivity contribution in [2.24, 2.45) is 0 Å². The molecule has 0 bridgehead atoms. The normalized spacial score (nSPS) is 7.64. The van der Waals surface area contributed by atoms with Crippen LogP contribution in [0.2, 0.25) is 0 Å². The second-order valence-electron chi connectivity index (χ2n) is 1.59. The van der Waals surface area contributed by atoms with Gasteiger partial charge in [-0.3, -0.25) is 10.2 Å². The van der Waals surface area contributed by atoms with Gasteiger partial charge in [0, 0.05) is 7.05 Å². The summed E-state index contributed by atoms with van der Waals surface area (Å²) in [5, 5.41) is 10.2. The summed E-state index contributed by atoms with van der Waals surface area (Å²) in [6, 6.07) is 1.09. The monoisotopic (exact) mass is 156 g/mol. The molecule has 0 aliphatic carbocycles. The molecule has 0 unspecified atom stereocenters. The Bertz CT molecular complexity index is 195. The van der Waals surface area contributed by atoms with Gasteiger partial charge in [-0.1, -0.05) is 0 Å². The van der Waals surface area contributed by atoms with Crippen LogP contribution in [0, 0.1) is 11.3 Å². The minimum absolute atomic E-state index is 0.274. The van der Waals surface area contributed by atoms with Crippen LogP contribution in [0.15, 0.2) is 0 Å². The maximum absolute atomic E-state index is 10.5. The second kappa shape index (κ2) is 5.05. The highest BCUT2D eigenvalue weighted by Gasteiger charge is 1.99. The quantitative estimate of drug-likeness (QED) is 0.419. The van der Waals surface area contributed by atoms with E-state index in [2.05, 4.69) is 5.32 Å². The third-order valence-corrected chi connectivity index (χ3v) is 0.782. The molecule has 0 aromatic rings. The summed E-state index contributed by atoms with van der Waals surface area (Å²) < 4.78 is 0. The second-order valence-corrected chi connectivity index (χ2v) is 1.59. The highest BCUT2D eigenvalue weighted by molar-refractivity contribution is 5.81. The Morgan fingerprint density at radius 3 is 2.55 bits per heavy atom. The molecule has 3 N–H and O–H groups in total. The van der Waals surface area contributed by atoms with Crippen LogP contribution in [0.1, 0.15) is 6.42 Å². The number of rotatable bonds is 1. The topological polar surface area (TPSA) is 94.0 Å². The van der Waals surface area contributed by atoms with E-state index >= 15 is 0 Å². The van der Waals surface area contributed by atoms with Gasteiger partial charge in [0.05, 0.1) is 6.07 Å². The molecule has 0 aromatic carbocycles. The van der Waals surface area contributed by atoms with Crippen LogP contribution < -0.4 is 16.2 Å². The number of nitrogens with one attached hydrogen (secondary N) is 3. The van der Waals surface area contributed by atoms with Gasteiger partial charge in [0.25, 0.3) is 5.91 Å². The lowest BCUT2D eigenvalue weighted by molar-refractivity contribution is -0.120. The number of carbonyl (C=O) groups is 2. The predicted octanol–water partition coefficient (Wildman–Crippen LogP) is -1.14. The number of hydrogen-bond acceptors (Lipinski definition) is 3. The Hall–Kier alpha value is -1.77. The lowest BCUT2D eigenvalue weighted by Gasteiger charge is -2.02. The molecule has 0 atom stereocenters. The zero-order valence-electron chi connectivity index (χ0n) is 5.97. The van der Waals surface area contributed by atoms with Gasteiger partial charge in [0.2, 0.25) is 0 Å². The molecule has 6 nitrogen and oxygen atoms in total. The molecule has 3 amide bonds. The van der Waals surface area contributed by atoms with E-state index in [9.17, 15) is 9.59 Å². The number of carbonyl (C=O) groups excluding carboxylic acids is 2. The lowest BCUT2D eigenvalue weighted by atomic mass is 10.5. The van der Waals surface area contributed by atoms with Gasteiger partial charge < -0.3 is 5.32 Å². The zero-order chi connectivity index (χ0) is 8.69. The number of hydrazine groups is 1. The number of nitrogens with zero attached hydrogens (tertiary/aromatic N) is 1. The van der Waals surface area contributed by atoms with Gasteiger partial charge >= 0.3 is 6.03 Å². The predicted molar refractivity (Wildman–Crippen MR) is 36.0 cm³/mol. The minimum atomic E-state index is -0.545. The van der Waals surface area contributed by atoms with Crippen LogP contribution in [0.25, 0.3) is 0 Å². The first-order valence-electron chi connectivity index (χ1n) is 2.84. The van der Waals surface area contributed by atoms with Crippen LogP contribution >= 0.6 is 0 Å². The Kier molecular flexibility index (Phi) is 4.24. The van der Waals surface area contributed by atoms with Crippen molar-refractivity contribution >= 4 is 11.9 Å². The third kappa shape index (κ3) is 4.72. The molecule has 6 heteroatoms. The Balaban J connectivity index is 3.47. The van der Waals surface area contributed by atoms with Crippen LogP contribution in [-0.4, -0.2) is 19.0 Å². The first-order valence-corrected chi connectivity index (χ1v) is 2.84. The van der Waals surface area contributed by atoms with Gasteiger partial charge in [0.1, 0.15) is 6.42 Å². The molecule has 11 heavy (non-hydrogen) atoms. The number of nitriles is 1. The summed E-state index contributed by atoms with van der Waals surface area (Å²) in [4.78, 5) is 20.9. The molecular weight excluding hydrogens is 148 g/mol. The molecule has 60 valence electrons. The summed E-state index contributed by atoms with van der Waals surface area (Å²) >= 11 is 0. The van der Waals surface area contributed by atoms with Crippen molar-refractivity contribution in [2.45, 2.75) is 6.42 Å². The van der Waals surface area contributed by atoms with Crippen LogP contribution in [-0.2, 0) is 4.79 Å². The summed E-state index contributed by atoms with van der Waals surface area (Å²) in [6.07, 6.45) is -0.274. The molecule has 0 saturated heterocycles. The lowest BCUT2D eigenvalue weighted by Crippen LogP contribution is -2.45. The first kappa shape index (κ1) is 9.23. The van der Waals surface area contributed by atoms with E-state index in [1.165, 1.54) is 7.05 Å². The molecule has 0 rings (SSSR count). The van der Waals surface area contributed by atoms with E-state index in [1.54, 1.807) is 6.07 Å². The van der Waals surface area contributed by atoms with Crippen molar-refractivity contribution in [2.75, 3.05) is 7.05 Å². The highest BCUT2D eigenvalue weighted by atomic mass is 16.2. The van der Waals surface area contributed by atoms with Gasteiger partial charge in [-0.15, -0.1) is 0 Å². The van der Waals surface area contributed by atoms with Crippen molar-refractivity contribution in [3.8, 4) is 6.07 Å². The Labute approximate surface area is 63.5 Å². The van der Waals surface area contributed by atoms with Crippen molar-refractivity contribution in [1.82, 2.24) is 16.2 Å². The summed E-state index contributed by atoms with van der Waals surface area (Å²) in [6.45, 7) is 0. The third-order valence-electron chi connectivity index (χ3n) is 0.782. The van der Waals surface area contributed by atoms with Crippen molar-refractivity contribution < 1.29 is 9.59 Å². The average molecular weight is 156 g/mol. The zero-order valence-corrected chi connectivity index (χ0v) is 5.97. The highest BCUT2D eigenvalue weighted by Crippen LogP contribution is 1.70. The largest absolute Gasteiger partial charge is 0.340 e. The molecule has 0 spiro atoms. The van der Waals surface area contributed by atoms with E-state index in [4.69, 9.17) is 5.26 Å².